The lowest BCUT2D eigenvalue weighted by atomic mass is 10.2. The molecule has 8 heteroatoms. The summed E-state index contributed by atoms with van der Waals surface area (Å²) in [5.41, 5.74) is 2.98. The molecule has 0 aliphatic rings. The molecule has 4 rings (SSSR count). The maximum absolute atomic E-state index is 12.2. The SMILES string of the molecule is O=C(Nc1ccc(-n2ccnc2)cc1)Nc1cccc(-c2nnco2)c1. The number of anilines is 2. The van der Waals surface area contributed by atoms with Crippen molar-refractivity contribution >= 4 is 17.4 Å². The van der Waals surface area contributed by atoms with E-state index in [-0.39, 0.29) is 6.03 Å². The zero-order chi connectivity index (χ0) is 17.8. The minimum absolute atomic E-state index is 0.344. The number of urea groups is 1. The van der Waals surface area contributed by atoms with Gasteiger partial charge in [0.05, 0.1) is 6.33 Å². The van der Waals surface area contributed by atoms with E-state index < -0.39 is 0 Å². The Labute approximate surface area is 148 Å². The van der Waals surface area contributed by atoms with Gasteiger partial charge in [-0.05, 0) is 42.5 Å². The van der Waals surface area contributed by atoms with Crippen LogP contribution in [0.5, 0.6) is 0 Å². The van der Waals surface area contributed by atoms with Gasteiger partial charge in [-0.1, -0.05) is 6.07 Å². The number of benzene rings is 2. The molecular weight excluding hydrogens is 332 g/mol. The molecule has 4 aromatic rings. The molecule has 0 bridgehead atoms. The number of amides is 2. The highest BCUT2D eigenvalue weighted by molar-refractivity contribution is 6.00. The number of nitrogens with one attached hydrogen (secondary N) is 2. The highest BCUT2D eigenvalue weighted by Gasteiger charge is 2.07. The monoisotopic (exact) mass is 346 g/mol. The van der Waals surface area contributed by atoms with E-state index in [2.05, 4.69) is 25.8 Å². The van der Waals surface area contributed by atoms with Crippen LogP contribution in [0.25, 0.3) is 17.1 Å². The molecule has 0 unspecified atom stereocenters. The lowest BCUT2D eigenvalue weighted by Crippen LogP contribution is -2.19. The van der Waals surface area contributed by atoms with E-state index in [1.807, 2.05) is 41.1 Å². The van der Waals surface area contributed by atoms with Crippen LogP contribution < -0.4 is 10.6 Å². The summed E-state index contributed by atoms with van der Waals surface area (Å²) >= 11 is 0. The number of hydrogen-bond acceptors (Lipinski definition) is 5. The van der Waals surface area contributed by atoms with Gasteiger partial charge in [-0.2, -0.15) is 0 Å². The second-order valence-electron chi connectivity index (χ2n) is 5.42. The van der Waals surface area contributed by atoms with Crippen molar-refractivity contribution in [3.05, 3.63) is 73.6 Å². The average molecular weight is 346 g/mol. The summed E-state index contributed by atoms with van der Waals surface area (Å²) in [6.45, 7) is 0. The van der Waals surface area contributed by atoms with Gasteiger partial charge >= 0.3 is 6.03 Å². The second-order valence-corrected chi connectivity index (χ2v) is 5.42. The zero-order valence-electron chi connectivity index (χ0n) is 13.5. The third kappa shape index (κ3) is 3.44. The van der Waals surface area contributed by atoms with Gasteiger partial charge in [0.25, 0.3) is 0 Å². The summed E-state index contributed by atoms with van der Waals surface area (Å²) in [5, 5.41) is 13.1. The van der Waals surface area contributed by atoms with Crippen molar-refractivity contribution in [1.82, 2.24) is 19.7 Å². The molecular formula is C18H14N6O2. The van der Waals surface area contributed by atoms with Gasteiger partial charge in [-0.15, -0.1) is 10.2 Å². The minimum Gasteiger partial charge on any atom is -0.423 e. The van der Waals surface area contributed by atoms with Crippen LogP contribution in [0, 0.1) is 0 Å². The Bertz CT molecular complexity index is 995. The summed E-state index contributed by atoms with van der Waals surface area (Å²) in [6, 6.07) is 14.3. The molecule has 0 fully saturated rings. The number of aromatic nitrogens is 4. The third-order valence-corrected chi connectivity index (χ3v) is 3.66. The molecule has 2 aromatic heterocycles. The number of nitrogens with zero attached hydrogens (tertiary/aromatic N) is 4. The molecule has 0 aliphatic heterocycles. The second kappa shape index (κ2) is 6.89. The molecule has 0 aliphatic carbocycles. The van der Waals surface area contributed by atoms with Crippen LogP contribution in [0.15, 0.2) is 78.1 Å². The Morgan fingerprint density at radius 2 is 1.88 bits per heavy atom. The molecule has 2 aromatic carbocycles. The number of hydrogen-bond donors (Lipinski definition) is 2. The number of rotatable bonds is 4. The largest absolute Gasteiger partial charge is 0.423 e. The van der Waals surface area contributed by atoms with Gasteiger partial charge in [-0.3, -0.25) is 0 Å². The Hall–Kier alpha value is -3.94. The summed E-state index contributed by atoms with van der Waals surface area (Å²) in [4.78, 5) is 16.2. The Morgan fingerprint density at radius 1 is 1.04 bits per heavy atom. The van der Waals surface area contributed by atoms with Gasteiger partial charge in [-0.25, -0.2) is 9.78 Å². The van der Waals surface area contributed by atoms with Crippen LogP contribution in [0.1, 0.15) is 0 Å². The van der Waals surface area contributed by atoms with Crippen molar-refractivity contribution in [3.8, 4) is 17.1 Å². The lowest BCUT2D eigenvalue weighted by Gasteiger charge is -2.09. The van der Waals surface area contributed by atoms with Crippen LogP contribution in [0.2, 0.25) is 0 Å². The van der Waals surface area contributed by atoms with E-state index in [1.165, 1.54) is 6.39 Å². The van der Waals surface area contributed by atoms with Crippen molar-refractivity contribution in [2.45, 2.75) is 0 Å². The first-order valence-electron chi connectivity index (χ1n) is 7.81. The molecule has 0 saturated heterocycles. The van der Waals surface area contributed by atoms with Crippen LogP contribution >= 0.6 is 0 Å². The summed E-state index contributed by atoms with van der Waals surface area (Å²) < 4.78 is 7.04. The first-order valence-corrected chi connectivity index (χ1v) is 7.81. The van der Waals surface area contributed by atoms with E-state index in [0.717, 1.165) is 11.3 Å². The molecule has 8 nitrogen and oxygen atoms in total. The van der Waals surface area contributed by atoms with E-state index >= 15 is 0 Å². The maximum atomic E-state index is 12.2. The first-order chi connectivity index (χ1) is 12.8. The quantitative estimate of drug-likeness (QED) is 0.589. The van der Waals surface area contributed by atoms with Crippen LogP contribution in [-0.2, 0) is 0 Å². The van der Waals surface area contributed by atoms with Crippen LogP contribution in [-0.4, -0.2) is 25.8 Å². The number of carbonyl (C=O) groups excluding carboxylic acids is 1. The number of imidazole rings is 1. The van der Waals surface area contributed by atoms with E-state index in [0.29, 0.717) is 17.3 Å². The molecule has 2 amide bonds. The van der Waals surface area contributed by atoms with Crippen molar-refractivity contribution in [1.29, 1.82) is 0 Å². The normalized spacial score (nSPS) is 10.5. The summed E-state index contributed by atoms with van der Waals surface area (Å²) in [5.74, 6) is 0.393. The molecule has 128 valence electrons. The van der Waals surface area contributed by atoms with E-state index in [4.69, 9.17) is 4.42 Å². The fourth-order valence-corrected chi connectivity index (χ4v) is 2.45. The van der Waals surface area contributed by atoms with Crippen molar-refractivity contribution in [2.75, 3.05) is 10.6 Å². The fourth-order valence-electron chi connectivity index (χ4n) is 2.45. The maximum Gasteiger partial charge on any atom is 0.323 e. The standard InChI is InChI=1S/C18H14N6O2/c25-18(21-14-4-6-16(7-5-14)24-9-8-19-11-24)22-15-3-1-2-13(10-15)17-23-20-12-26-17/h1-12H,(H2,21,22,25). The molecule has 2 N–H and O–H groups in total. The van der Waals surface area contributed by atoms with Gasteiger partial charge in [0.2, 0.25) is 12.3 Å². The molecule has 2 heterocycles. The molecule has 0 spiro atoms. The van der Waals surface area contributed by atoms with E-state index in [1.54, 1.807) is 30.7 Å². The predicted molar refractivity (Wildman–Crippen MR) is 95.9 cm³/mol. The lowest BCUT2D eigenvalue weighted by molar-refractivity contribution is 0.262. The fraction of sp³-hybridized carbons (Fsp3) is 0. The van der Waals surface area contributed by atoms with Gasteiger partial charge in [0.15, 0.2) is 0 Å². The summed E-state index contributed by atoms with van der Waals surface area (Å²) in [6.07, 6.45) is 6.54. The third-order valence-electron chi connectivity index (χ3n) is 3.66. The predicted octanol–water partition coefficient (Wildman–Crippen LogP) is 3.57. The minimum atomic E-state index is -0.344. The van der Waals surface area contributed by atoms with Crippen molar-refractivity contribution < 1.29 is 9.21 Å². The zero-order valence-corrected chi connectivity index (χ0v) is 13.5. The Morgan fingerprint density at radius 3 is 2.62 bits per heavy atom. The number of carbonyl (C=O) groups is 1. The molecule has 0 saturated carbocycles. The first kappa shape index (κ1) is 15.6. The van der Waals surface area contributed by atoms with Crippen molar-refractivity contribution in [2.24, 2.45) is 0 Å². The van der Waals surface area contributed by atoms with Crippen LogP contribution in [0.4, 0.5) is 16.2 Å². The van der Waals surface area contributed by atoms with Gasteiger partial charge in [0.1, 0.15) is 0 Å². The highest BCUT2D eigenvalue weighted by atomic mass is 16.4. The molecule has 0 radical (unpaired) electrons. The van der Waals surface area contributed by atoms with Crippen molar-refractivity contribution in [3.63, 3.8) is 0 Å². The molecule has 26 heavy (non-hydrogen) atoms. The Balaban J connectivity index is 1.42. The van der Waals surface area contributed by atoms with Gasteiger partial charge in [0, 0.05) is 35.0 Å². The smallest absolute Gasteiger partial charge is 0.323 e. The van der Waals surface area contributed by atoms with Crippen LogP contribution in [0.3, 0.4) is 0 Å². The topological polar surface area (TPSA) is 97.9 Å². The Kier molecular flexibility index (Phi) is 4.13. The van der Waals surface area contributed by atoms with Gasteiger partial charge < -0.3 is 19.6 Å². The summed E-state index contributed by atoms with van der Waals surface area (Å²) in [7, 11) is 0. The van der Waals surface area contributed by atoms with E-state index in [9.17, 15) is 4.79 Å². The average Bonchev–Trinajstić information content (AvgIpc) is 3.37. The highest BCUT2D eigenvalue weighted by Crippen LogP contribution is 2.20. The molecule has 0 atom stereocenters.